The molecular formula is C19H25FN2O4. The Balaban J connectivity index is 2.11. The highest BCUT2D eigenvalue weighted by atomic mass is 19.1. The largest absolute Gasteiger partial charge is 0.479 e. The Bertz CT molecular complexity index is 738. The monoisotopic (exact) mass is 364 g/mol. The van der Waals surface area contributed by atoms with E-state index in [1.165, 1.54) is 18.2 Å². The van der Waals surface area contributed by atoms with E-state index in [0.29, 0.717) is 43.5 Å². The van der Waals surface area contributed by atoms with E-state index in [9.17, 15) is 19.1 Å². The molecule has 26 heavy (non-hydrogen) atoms. The number of fused-ring (bicyclic) bond motifs is 1. The minimum absolute atomic E-state index is 0.407. The first-order valence-electron chi connectivity index (χ1n) is 8.84. The van der Waals surface area contributed by atoms with Crippen LogP contribution in [0, 0.1) is 11.2 Å². The Hall–Kier alpha value is -2.15. The van der Waals surface area contributed by atoms with Crippen molar-refractivity contribution in [2.24, 2.45) is 5.41 Å². The van der Waals surface area contributed by atoms with Crippen molar-refractivity contribution in [3.05, 3.63) is 35.1 Å². The number of carbonyl (C=O) groups is 2. The van der Waals surface area contributed by atoms with Crippen LogP contribution in [-0.2, 0) is 21.5 Å². The number of carbonyl (C=O) groups excluding carboxylic acids is 1. The number of halogens is 1. The molecular weight excluding hydrogens is 339 g/mol. The third-order valence-electron chi connectivity index (χ3n) is 5.37. The zero-order chi connectivity index (χ0) is 19.2. The lowest BCUT2D eigenvalue weighted by molar-refractivity contribution is -0.153. The third-order valence-corrected chi connectivity index (χ3v) is 5.37. The molecule has 0 radical (unpaired) electrons. The first-order chi connectivity index (χ1) is 12.1. The number of benzene rings is 1. The number of alkyl carbamates (subject to hydrolysis) is 1. The lowest BCUT2D eigenvalue weighted by atomic mass is 9.64. The molecule has 1 amide bonds. The van der Waals surface area contributed by atoms with Gasteiger partial charge in [0.15, 0.2) is 5.54 Å². The fraction of sp³-hybridized carbons (Fsp3) is 0.579. The maximum atomic E-state index is 13.8. The number of hydrogen-bond donors (Lipinski definition) is 3. The van der Waals surface area contributed by atoms with Gasteiger partial charge in [-0.2, -0.15) is 0 Å². The predicted octanol–water partition coefficient (Wildman–Crippen LogP) is 2.56. The third kappa shape index (κ3) is 2.94. The summed E-state index contributed by atoms with van der Waals surface area (Å²) in [5, 5.41) is 16.2. The predicted molar refractivity (Wildman–Crippen MR) is 93.3 cm³/mol. The molecule has 0 bridgehead atoms. The quantitative estimate of drug-likeness (QED) is 0.751. The topological polar surface area (TPSA) is 87.7 Å². The summed E-state index contributed by atoms with van der Waals surface area (Å²) in [6.07, 6.45) is 0.746. The van der Waals surface area contributed by atoms with Gasteiger partial charge in [-0.15, -0.1) is 0 Å². The van der Waals surface area contributed by atoms with Gasteiger partial charge in [0, 0.05) is 5.41 Å². The zero-order valence-electron chi connectivity index (χ0n) is 15.3. The standard InChI is InChI=1S/C19H25FN2O4/c1-17(2,3)26-16(25)22-19(15(23)24)14-5-4-13(20)10-12(14)11-18(19)6-8-21-9-7-18/h4-5,10,21H,6-9,11H2,1-3H3,(H,22,25)(H,23,24)/t19-/m0/s1. The molecule has 142 valence electrons. The van der Waals surface area contributed by atoms with Crippen LogP contribution in [-0.4, -0.2) is 35.9 Å². The van der Waals surface area contributed by atoms with Crippen molar-refractivity contribution < 1.29 is 23.8 Å². The lowest BCUT2D eigenvalue weighted by Crippen LogP contribution is -2.63. The van der Waals surface area contributed by atoms with E-state index in [0.717, 1.165) is 0 Å². The Morgan fingerprint density at radius 3 is 2.50 bits per heavy atom. The summed E-state index contributed by atoms with van der Waals surface area (Å²) >= 11 is 0. The molecule has 1 spiro atoms. The highest BCUT2D eigenvalue weighted by Crippen LogP contribution is 2.55. The number of carboxylic acid groups (broad SMARTS) is 1. The highest BCUT2D eigenvalue weighted by Gasteiger charge is 2.63. The van der Waals surface area contributed by atoms with Crippen LogP contribution in [0.2, 0.25) is 0 Å². The molecule has 1 fully saturated rings. The van der Waals surface area contributed by atoms with Crippen LogP contribution in [0.3, 0.4) is 0 Å². The van der Waals surface area contributed by atoms with Crippen molar-refractivity contribution in [3.8, 4) is 0 Å². The van der Waals surface area contributed by atoms with E-state index >= 15 is 0 Å². The number of nitrogens with one attached hydrogen (secondary N) is 2. The maximum absolute atomic E-state index is 13.8. The SMILES string of the molecule is CC(C)(C)OC(=O)N[C@]1(C(=O)O)c2ccc(F)cc2CC12CCNCC2. The number of hydrogen-bond acceptors (Lipinski definition) is 4. The van der Waals surface area contributed by atoms with E-state index in [1.54, 1.807) is 20.8 Å². The van der Waals surface area contributed by atoms with Crippen molar-refractivity contribution in [1.29, 1.82) is 0 Å². The van der Waals surface area contributed by atoms with Crippen molar-refractivity contribution in [2.75, 3.05) is 13.1 Å². The first kappa shape index (κ1) is 18.6. The number of aliphatic carboxylic acids is 1. The Kier molecular flexibility index (Phi) is 4.46. The molecule has 1 aromatic carbocycles. The molecule has 1 aliphatic carbocycles. The fourth-order valence-electron chi connectivity index (χ4n) is 4.37. The van der Waals surface area contributed by atoms with Crippen molar-refractivity contribution >= 4 is 12.1 Å². The van der Waals surface area contributed by atoms with Gasteiger partial charge in [-0.05, 0) is 76.4 Å². The second-order valence-corrected chi connectivity index (χ2v) is 8.19. The molecule has 1 saturated heterocycles. The van der Waals surface area contributed by atoms with Crippen LogP contribution < -0.4 is 10.6 Å². The summed E-state index contributed by atoms with van der Waals surface area (Å²) < 4.78 is 19.1. The molecule has 1 heterocycles. The van der Waals surface area contributed by atoms with Crippen LogP contribution in [0.1, 0.15) is 44.7 Å². The second-order valence-electron chi connectivity index (χ2n) is 8.19. The molecule has 0 unspecified atom stereocenters. The van der Waals surface area contributed by atoms with Crippen LogP contribution in [0.15, 0.2) is 18.2 Å². The normalized spacial score (nSPS) is 24.2. The summed E-state index contributed by atoms with van der Waals surface area (Å²) in [6, 6.07) is 4.10. The van der Waals surface area contributed by atoms with Gasteiger partial charge in [-0.1, -0.05) is 6.07 Å². The fourth-order valence-corrected chi connectivity index (χ4v) is 4.37. The lowest BCUT2D eigenvalue weighted by Gasteiger charge is -2.46. The van der Waals surface area contributed by atoms with Crippen LogP contribution in [0.4, 0.5) is 9.18 Å². The summed E-state index contributed by atoms with van der Waals surface area (Å²) in [5.41, 5.74) is -2.04. The minimum Gasteiger partial charge on any atom is -0.479 e. The van der Waals surface area contributed by atoms with Gasteiger partial charge in [0.2, 0.25) is 0 Å². The van der Waals surface area contributed by atoms with Gasteiger partial charge in [0.1, 0.15) is 11.4 Å². The Morgan fingerprint density at radius 2 is 1.92 bits per heavy atom. The molecule has 2 aliphatic rings. The molecule has 7 heteroatoms. The zero-order valence-corrected chi connectivity index (χ0v) is 15.3. The minimum atomic E-state index is -1.64. The average Bonchev–Trinajstić information content (AvgIpc) is 2.76. The molecule has 3 N–H and O–H groups in total. The molecule has 1 atom stereocenters. The van der Waals surface area contributed by atoms with E-state index in [2.05, 4.69) is 10.6 Å². The van der Waals surface area contributed by atoms with E-state index in [-0.39, 0.29) is 0 Å². The molecule has 0 aromatic heterocycles. The van der Waals surface area contributed by atoms with Crippen molar-refractivity contribution in [3.63, 3.8) is 0 Å². The molecule has 0 saturated carbocycles. The van der Waals surface area contributed by atoms with Crippen LogP contribution in [0.25, 0.3) is 0 Å². The Labute approximate surface area is 152 Å². The van der Waals surface area contributed by atoms with E-state index in [4.69, 9.17) is 4.74 Å². The summed E-state index contributed by atoms with van der Waals surface area (Å²) in [7, 11) is 0. The second kappa shape index (κ2) is 6.23. The molecule has 6 nitrogen and oxygen atoms in total. The number of amides is 1. The molecule has 1 aromatic rings. The Morgan fingerprint density at radius 1 is 1.27 bits per heavy atom. The number of piperidine rings is 1. The van der Waals surface area contributed by atoms with Crippen LogP contribution in [0.5, 0.6) is 0 Å². The van der Waals surface area contributed by atoms with E-state index < -0.39 is 34.4 Å². The smallest absolute Gasteiger partial charge is 0.408 e. The van der Waals surface area contributed by atoms with Gasteiger partial charge in [-0.25, -0.2) is 14.0 Å². The summed E-state index contributed by atoms with van der Waals surface area (Å²) in [5.74, 6) is -1.55. The molecule has 3 rings (SSSR count). The number of ether oxygens (including phenoxy) is 1. The van der Waals surface area contributed by atoms with Gasteiger partial charge < -0.3 is 20.5 Å². The van der Waals surface area contributed by atoms with Gasteiger partial charge in [-0.3, -0.25) is 0 Å². The number of rotatable bonds is 2. The highest BCUT2D eigenvalue weighted by molar-refractivity contribution is 5.89. The van der Waals surface area contributed by atoms with Gasteiger partial charge in [0.05, 0.1) is 0 Å². The van der Waals surface area contributed by atoms with Gasteiger partial charge in [0.25, 0.3) is 0 Å². The van der Waals surface area contributed by atoms with Crippen molar-refractivity contribution in [1.82, 2.24) is 10.6 Å². The summed E-state index contributed by atoms with van der Waals surface area (Å²) in [6.45, 7) is 6.44. The van der Waals surface area contributed by atoms with Crippen molar-refractivity contribution in [2.45, 2.75) is 51.2 Å². The van der Waals surface area contributed by atoms with Crippen LogP contribution >= 0.6 is 0 Å². The van der Waals surface area contributed by atoms with Gasteiger partial charge >= 0.3 is 12.1 Å². The first-order valence-corrected chi connectivity index (χ1v) is 8.84. The molecule has 1 aliphatic heterocycles. The number of carboxylic acids is 1. The maximum Gasteiger partial charge on any atom is 0.408 e. The average molecular weight is 364 g/mol. The summed E-state index contributed by atoms with van der Waals surface area (Å²) in [4.78, 5) is 25.1. The van der Waals surface area contributed by atoms with E-state index in [1.807, 2.05) is 0 Å².